The fourth-order valence-electron chi connectivity index (χ4n) is 3.19. The zero-order chi connectivity index (χ0) is 14.4. The number of aryl methyl sites for hydroxylation is 1. The van der Waals surface area contributed by atoms with Crippen molar-refractivity contribution in [3.8, 4) is 0 Å². The minimum absolute atomic E-state index is 0.0224. The number of nitrogens with one attached hydrogen (secondary N) is 1. The van der Waals surface area contributed by atoms with Gasteiger partial charge in [0.15, 0.2) is 0 Å². The quantitative estimate of drug-likeness (QED) is 0.806. The smallest absolute Gasteiger partial charge is 0.220 e. The number of carbonyl (C=O) groups excluding carboxylic acids is 1. The van der Waals surface area contributed by atoms with E-state index in [1.807, 2.05) is 18.2 Å². The molecule has 1 aliphatic rings. The van der Waals surface area contributed by atoms with E-state index < -0.39 is 0 Å². The van der Waals surface area contributed by atoms with Crippen LogP contribution in [0.2, 0.25) is 0 Å². The number of hydrogen-bond donors (Lipinski definition) is 1. The number of benzene rings is 1. The Labute approximate surface area is 130 Å². The SMILES string of the molecule is CC1CCCC(CBr)(NC(=O)CCc2ccccc2)C1. The van der Waals surface area contributed by atoms with Crippen LogP contribution in [0.4, 0.5) is 0 Å². The Morgan fingerprint density at radius 1 is 1.40 bits per heavy atom. The summed E-state index contributed by atoms with van der Waals surface area (Å²) in [6.07, 6.45) is 6.09. The zero-order valence-corrected chi connectivity index (χ0v) is 13.8. The molecule has 0 bridgehead atoms. The van der Waals surface area contributed by atoms with Gasteiger partial charge < -0.3 is 5.32 Å². The maximum atomic E-state index is 12.2. The molecule has 0 spiro atoms. The third kappa shape index (κ3) is 4.34. The Kier molecular flexibility index (Phi) is 5.64. The number of carbonyl (C=O) groups is 1. The maximum Gasteiger partial charge on any atom is 0.220 e. The number of halogens is 1. The van der Waals surface area contributed by atoms with Gasteiger partial charge in [0.1, 0.15) is 0 Å². The van der Waals surface area contributed by atoms with Crippen molar-refractivity contribution in [2.24, 2.45) is 5.92 Å². The average molecular weight is 338 g/mol. The van der Waals surface area contributed by atoms with Crippen molar-refractivity contribution < 1.29 is 4.79 Å². The first-order valence-electron chi connectivity index (χ1n) is 7.54. The number of rotatable bonds is 5. The van der Waals surface area contributed by atoms with E-state index in [2.05, 4.69) is 40.3 Å². The standard InChI is InChI=1S/C17H24BrNO/c1-14-6-5-11-17(12-14,13-18)19-16(20)10-9-15-7-3-2-4-8-15/h2-4,7-8,14H,5-6,9-13H2,1H3,(H,19,20). The van der Waals surface area contributed by atoms with Crippen molar-refractivity contribution in [1.82, 2.24) is 5.32 Å². The molecule has 1 fully saturated rings. The molecule has 1 N–H and O–H groups in total. The Balaban J connectivity index is 1.86. The van der Waals surface area contributed by atoms with Crippen molar-refractivity contribution >= 4 is 21.8 Å². The van der Waals surface area contributed by atoms with Gasteiger partial charge in [0.2, 0.25) is 5.91 Å². The van der Waals surface area contributed by atoms with Crippen molar-refractivity contribution in [2.75, 3.05) is 5.33 Å². The molecule has 2 atom stereocenters. The Morgan fingerprint density at radius 2 is 2.15 bits per heavy atom. The first-order valence-corrected chi connectivity index (χ1v) is 8.67. The predicted octanol–water partition coefficient (Wildman–Crippen LogP) is 4.08. The number of alkyl halides is 1. The molecule has 1 aliphatic carbocycles. The van der Waals surface area contributed by atoms with Gasteiger partial charge in [-0.15, -0.1) is 0 Å². The van der Waals surface area contributed by atoms with Crippen LogP contribution in [0.1, 0.15) is 44.6 Å². The summed E-state index contributed by atoms with van der Waals surface area (Å²) >= 11 is 3.61. The van der Waals surface area contributed by atoms with Crippen LogP contribution < -0.4 is 5.32 Å². The Morgan fingerprint density at radius 3 is 2.80 bits per heavy atom. The van der Waals surface area contributed by atoms with Gasteiger partial charge in [-0.05, 0) is 30.7 Å². The van der Waals surface area contributed by atoms with Gasteiger partial charge in [-0.1, -0.05) is 66.0 Å². The first kappa shape index (κ1) is 15.6. The summed E-state index contributed by atoms with van der Waals surface area (Å²) in [5.74, 6) is 0.887. The van der Waals surface area contributed by atoms with Gasteiger partial charge in [-0.3, -0.25) is 4.79 Å². The summed E-state index contributed by atoms with van der Waals surface area (Å²) < 4.78 is 0. The predicted molar refractivity (Wildman–Crippen MR) is 87.1 cm³/mol. The summed E-state index contributed by atoms with van der Waals surface area (Å²) in [5, 5.41) is 4.16. The minimum atomic E-state index is -0.0224. The second kappa shape index (κ2) is 7.26. The van der Waals surface area contributed by atoms with Crippen LogP contribution in [-0.2, 0) is 11.2 Å². The van der Waals surface area contributed by atoms with Crippen LogP contribution in [0.25, 0.3) is 0 Å². The van der Waals surface area contributed by atoms with Gasteiger partial charge in [0, 0.05) is 17.3 Å². The molecule has 0 aliphatic heterocycles. The van der Waals surface area contributed by atoms with Gasteiger partial charge in [-0.25, -0.2) is 0 Å². The lowest BCUT2D eigenvalue weighted by molar-refractivity contribution is -0.123. The summed E-state index contributed by atoms with van der Waals surface area (Å²) in [5.41, 5.74) is 1.21. The monoisotopic (exact) mass is 337 g/mol. The van der Waals surface area contributed by atoms with E-state index in [-0.39, 0.29) is 11.4 Å². The highest BCUT2D eigenvalue weighted by Gasteiger charge is 2.35. The number of amides is 1. The van der Waals surface area contributed by atoms with E-state index in [9.17, 15) is 4.79 Å². The normalized spacial score (nSPS) is 26.2. The van der Waals surface area contributed by atoms with Crippen LogP contribution in [-0.4, -0.2) is 16.8 Å². The lowest BCUT2D eigenvalue weighted by Gasteiger charge is -2.39. The topological polar surface area (TPSA) is 29.1 Å². The largest absolute Gasteiger partial charge is 0.350 e. The van der Waals surface area contributed by atoms with Crippen LogP contribution in [0.5, 0.6) is 0 Å². The summed E-state index contributed by atoms with van der Waals surface area (Å²) in [6.45, 7) is 2.28. The Bertz CT molecular complexity index is 434. The maximum absolute atomic E-state index is 12.2. The second-order valence-electron chi connectivity index (χ2n) is 6.15. The minimum Gasteiger partial charge on any atom is -0.350 e. The highest BCUT2D eigenvalue weighted by atomic mass is 79.9. The van der Waals surface area contributed by atoms with E-state index in [4.69, 9.17) is 0 Å². The molecule has 1 aromatic rings. The fourth-order valence-corrected chi connectivity index (χ4v) is 3.84. The van der Waals surface area contributed by atoms with E-state index >= 15 is 0 Å². The van der Waals surface area contributed by atoms with Crippen LogP contribution in [0.3, 0.4) is 0 Å². The lowest BCUT2D eigenvalue weighted by atomic mass is 9.77. The van der Waals surface area contributed by atoms with Crippen LogP contribution in [0.15, 0.2) is 30.3 Å². The summed E-state index contributed by atoms with van der Waals surface area (Å²) in [4.78, 5) is 12.2. The van der Waals surface area contributed by atoms with E-state index in [0.29, 0.717) is 12.3 Å². The third-order valence-electron chi connectivity index (χ3n) is 4.24. The molecular weight excluding hydrogens is 314 g/mol. The number of hydrogen-bond acceptors (Lipinski definition) is 1. The molecule has 20 heavy (non-hydrogen) atoms. The molecule has 1 amide bonds. The average Bonchev–Trinajstić information content (AvgIpc) is 2.46. The summed E-state index contributed by atoms with van der Waals surface area (Å²) in [6, 6.07) is 10.2. The Hall–Kier alpha value is -0.830. The highest BCUT2D eigenvalue weighted by molar-refractivity contribution is 9.09. The molecular formula is C17H24BrNO. The molecule has 0 saturated heterocycles. The fraction of sp³-hybridized carbons (Fsp3) is 0.588. The molecule has 1 saturated carbocycles. The van der Waals surface area contributed by atoms with Gasteiger partial charge in [0.05, 0.1) is 0 Å². The van der Waals surface area contributed by atoms with E-state index in [1.165, 1.54) is 18.4 Å². The molecule has 2 unspecified atom stereocenters. The molecule has 2 rings (SSSR count). The zero-order valence-electron chi connectivity index (χ0n) is 12.2. The van der Waals surface area contributed by atoms with Gasteiger partial charge in [0.25, 0.3) is 0 Å². The third-order valence-corrected chi connectivity index (χ3v) is 5.31. The second-order valence-corrected chi connectivity index (χ2v) is 6.71. The van der Waals surface area contributed by atoms with E-state index in [0.717, 1.165) is 24.6 Å². The molecule has 0 aromatic heterocycles. The molecule has 0 radical (unpaired) electrons. The van der Waals surface area contributed by atoms with Crippen LogP contribution in [0, 0.1) is 5.92 Å². The first-order chi connectivity index (χ1) is 9.63. The van der Waals surface area contributed by atoms with Crippen molar-refractivity contribution in [3.63, 3.8) is 0 Å². The molecule has 1 aromatic carbocycles. The highest BCUT2D eigenvalue weighted by Crippen LogP contribution is 2.33. The summed E-state index contributed by atoms with van der Waals surface area (Å²) in [7, 11) is 0. The van der Waals surface area contributed by atoms with Gasteiger partial charge >= 0.3 is 0 Å². The molecule has 110 valence electrons. The van der Waals surface area contributed by atoms with Crippen molar-refractivity contribution in [3.05, 3.63) is 35.9 Å². The molecule has 2 nitrogen and oxygen atoms in total. The lowest BCUT2D eigenvalue weighted by Crippen LogP contribution is -2.52. The van der Waals surface area contributed by atoms with Crippen LogP contribution >= 0.6 is 15.9 Å². The molecule has 0 heterocycles. The van der Waals surface area contributed by atoms with E-state index in [1.54, 1.807) is 0 Å². The van der Waals surface area contributed by atoms with Crippen molar-refractivity contribution in [1.29, 1.82) is 0 Å². The van der Waals surface area contributed by atoms with Crippen molar-refractivity contribution in [2.45, 2.75) is 51.0 Å². The van der Waals surface area contributed by atoms with Gasteiger partial charge in [-0.2, -0.15) is 0 Å². The molecule has 3 heteroatoms.